The van der Waals surface area contributed by atoms with Crippen LogP contribution in [0, 0.1) is 0 Å². The molecule has 1 saturated heterocycles. The van der Waals surface area contributed by atoms with E-state index in [0.717, 1.165) is 12.8 Å². The first-order chi connectivity index (χ1) is 20.6. The monoisotopic (exact) mass is 640 g/mol. The summed E-state index contributed by atoms with van der Waals surface area (Å²) in [7, 11) is -6.69. The fourth-order valence-corrected chi connectivity index (χ4v) is 7.34. The number of hydrogen-bond donors (Lipinski definition) is 3. The van der Waals surface area contributed by atoms with Gasteiger partial charge in [-0.2, -0.15) is 0 Å². The zero-order valence-electron chi connectivity index (χ0n) is 23.1. The molecule has 0 saturated carbocycles. The molecule has 1 amide bonds. The molecule has 1 fully saturated rings. The van der Waals surface area contributed by atoms with Crippen LogP contribution < -0.4 is 24.4 Å². The van der Waals surface area contributed by atoms with Crippen LogP contribution in [-0.2, 0) is 20.0 Å². The minimum Gasteiger partial charge on any atom is -0.495 e. The molecular formula is C30H29ClN4O6S2. The molecule has 1 aliphatic rings. The first-order valence-electron chi connectivity index (χ1n) is 13.3. The summed E-state index contributed by atoms with van der Waals surface area (Å²) in [5.74, 6) is -0.257. The predicted octanol–water partition coefficient (Wildman–Crippen LogP) is 5.80. The minimum atomic E-state index is -4.12. The highest BCUT2D eigenvalue weighted by Crippen LogP contribution is 2.34. The maximum Gasteiger partial charge on any atom is 0.264 e. The number of benzene rings is 4. The van der Waals surface area contributed by atoms with Gasteiger partial charge in [0.15, 0.2) is 0 Å². The Morgan fingerprint density at radius 2 is 1.53 bits per heavy atom. The fraction of sp³-hybridized carbons (Fsp3) is 0.167. The number of carbonyl (C=O) groups excluding carboxylic acids is 1. The van der Waals surface area contributed by atoms with Gasteiger partial charge < -0.3 is 15.0 Å². The highest BCUT2D eigenvalue weighted by atomic mass is 35.5. The Balaban J connectivity index is 1.42. The molecule has 0 bridgehead atoms. The van der Waals surface area contributed by atoms with Gasteiger partial charge in [-0.25, -0.2) is 16.8 Å². The van der Waals surface area contributed by atoms with Crippen LogP contribution in [0.25, 0.3) is 0 Å². The first kappa shape index (κ1) is 30.2. The van der Waals surface area contributed by atoms with Crippen molar-refractivity contribution in [2.75, 3.05) is 39.9 Å². The molecule has 43 heavy (non-hydrogen) atoms. The van der Waals surface area contributed by atoms with E-state index in [0.29, 0.717) is 29.5 Å². The lowest BCUT2D eigenvalue weighted by atomic mass is 10.2. The van der Waals surface area contributed by atoms with E-state index in [1.807, 2.05) is 4.90 Å². The Morgan fingerprint density at radius 1 is 0.791 bits per heavy atom. The van der Waals surface area contributed by atoms with Crippen LogP contribution >= 0.6 is 11.6 Å². The number of sulfonamides is 2. The molecule has 0 unspecified atom stereocenters. The van der Waals surface area contributed by atoms with Crippen molar-refractivity contribution < 1.29 is 26.4 Å². The third-order valence-corrected chi connectivity index (χ3v) is 9.80. The van der Waals surface area contributed by atoms with Gasteiger partial charge in [0.25, 0.3) is 26.0 Å². The molecule has 0 aliphatic carbocycles. The number of hydrogen-bond acceptors (Lipinski definition) is 7. The Kier molecular flexibility index (Phi) is 8.81. The lowest BCUT2D eigenvalue weighted by molar-refractivity contribution is 0.102. The molecule has 0 spiro atoms. The van der Waals surface area contributed by atoms with Gasteiger partial charge in [-0.05, 0) is 79.6 Å². The molecular weight excluding hydrogens is 612 g/mol. The first-order valence-corrected chi connectivity index (χ1v) is 16.6. The van der Waals surface area contributed by atoms with Crippen molar-refractivity contribution in [3.05, 3.63) is 102 Å². The van der Waals surface area contributed by atoms with E-state index in [-0.39, 0.29) is 32.4 Å². The van der Waals surface area contributed by atoms with E-state index >= 15 is 0 Å². The summed E-state index contributed by atoms with van der Waals surface area (Å²) in [6.07, 6.45) is 1.87. The number of nitrogens with zero attached hydrogens (tertiary/aromatic N) is 1. The Hall–Kier alpha value is -4.26. The fourth-order valence-electron chi connectivity index (χ4n) is 4.73. The van der Waals surface area contributed by atoms with Gasteiger partial charge in [-0.15, -0.1) is 0 Å². The van der Waals surface area contributed by atoms with Crippen LogP contribution in [-0.4, -0.2) is 42.9 Å². The molecule has 13 heteroatoms. The quantitative estimate of drug-likeness (QED) is 0.199. The number of ether oxygens (including phenoxy) is 1. The van der Waals surface area contributed by atoms with Crippen LogP contribution in [0.3, 0.4) is 0 Å². The predicted molar refractivity (Wildman–Crippen MR) is 168 cm³/mol. The van der Waals surface area contributed by atoms with E-state index in [1.54, 1.807) is 54.6 Å². The second-order valence-electron chi connectivity index (χ2n) is 9.78. The normalized spacial score (nSPS) is 13.4. The van der Waals surface area contributed by atoms with E-state index in [4.69, 9.17) is 16.3 Å². The molecule has 5 rings (SSSR count). The van der Waals surface area contributed by atoms with Gasteiger partial charge in [0.1, 0.15) is 10.6 Å². The van der Waals surface area contributed by atoms with Gasteiger partial charge in [-0.3, -0.25) is 14.2 Å². The SMILES string of the molecule is COc1ccccc1NS(=O)(=O)c1cc(NC(=O)c2cccc(S(=O)(=O)Nc3cccc(Cl)c3)c2)ccc1N1CCCC1. The Labute approximate surface area is 255 Å². The van der Waals surface area contributed by atoms with Gasteiger partial charge >= 0.3 is 0 Å². The van der Waals surface area contributed by atoms with E-state index in [2.05, 4.69) is 14.8 Å². The van der Waals surface area contributed by atoms with Gasteiger partial charge in [0.05, 0.1) is 29.1 Å². The van der Waals surface area contributed by atoms with E-state index < -0.39 is 26.0 Å². The number of carbonyl (C=O) groups is 1. The van der Waals surface area contributed by atoms with E-state index in [9.17, 15) is 21.6 Å². The number of amides is 1. The second-order valence-corrected chi connectivity index (χ2v) is 13.5. The standard InChI is InChI=1S/C30H29ClN4O6S2/c1-41-28-13-3-2-12-26(28)34-43(39,40)29-20-23(14-15-27(29)35-16-4-5-17-35)32-30(36)21-8-6-11-25(18-21)42(37,38)33-24-10-7-9-22(31)19-24/h2-3,6-15,18-20,33-34H,4-5,16-17H2,1H3,(H,32,36). The second kappa shape index (κ2) is 12.5. The maximum atomic E-state index is 13.7. The zero-order chi connectivity index (χ0) is 30.6. The Bertz CT molecular complexity index is 1880. The van der Waals surface area contributed by atoms with Gasteiger partial charge in [-0.1, -0.05) is 35.9 Å². The molecule has 10 nitrogen and oxygen atoms in total. The van der Waals surface area contributed by atoms with Crippen LogP contribution in [0.1, 0.15) is 23.2 Å². The van der Waals surface area contributed by atoms with Crippen LogP contribution in [0.4, 0.5) is 22.7 Å². The van der Waals surface area contributed by atoms with Crippen molar-refractivity contribution in [1.82, 2.24) is 0 Å². The van der Waals surface area contributed by atoms with Crippen LogP contribution in [0.15, 0.2) is 101 Å². The lowest BCUT2D eigenvalue weighted by Gasteiger charge is -2.23. The van der Waals surface area contributed by atoms with Gasteiger partial charge in [0, 0.05) is 29.4 Å². The maximum absolute atomic E-state index is 13.7. The van der Waals surface area contributed by atoms with Crippen LogP contribution in [0.2, 0.25) is 5.02 Å². The molecule has 3 N–H and O–H groups in total. The topological polar surface area (TPSA) is 134 Å². The lowest BCUT2D eigenvalue weighted by Crippen LogP contribution is -2.23. The summed E-state index contributed by atoms with van der Waals surface area (Å²) in [6.45, 7) is 1.40. The van der Waals surface area contributed by atoms with Crippen molar-refractivity contribution in [1.29, 1.82) is 0 Å². The summed E-state index contributed by atoms with van der Waals surface area (Å²) in [6, 6.07) is 23.1. The minimum absolute atomic E-state index is 0.0137. The summed E-state index contributed by atoms with van der Waals surface area (Å²) in [4.78, 5) is 15.1. The highest BCUT2D eigenvalue weighted by molar-refractivity contribution is 7.93. The molecule has 0 aromatic heterocycles. The number of methoxy groups -OCH3 is 1. The molecule has 1 aliphatic heterocycles. The number of para-hydroxylation sites is 2. The summed E-state index contributed by atoms with van der Waals surface area (Å²) < 4.78 is 63.7. The number of nitrogens with one attached hydrogen (secondary N) is 3. The average Bonchev–Trinajstić information content (AvgIpc) is 3.52. The molecule has 4 aromatic carbocycles. The Morgan fingerprint density at radius 3 is 2.28 bits per heavy atom. The average molecular weight is 641 g/mol. The van der Waals surface area contributed by atoms with Crippen molar-refractivity contribution in [2.24, 2.45) is 0 Å². The molecule has 224 valence electrons. The highest BCUT2D eigenvalue weighted by Gasteiger charge is 2.26. The summed E-state index contributed by atoms with van der Waals surface area (Å²) >= 11 is 5.97. The number of rotatable bonds is 10. The number of anilines is 4. The molecule has 0 atom stereocenters. The third-order valence-electron chi connectivity index (χ3n) is 6.79. The van der Waals surface area contributed by atoms with Crippen molar-refractivity contribution >= 4 is 60.3 Å². The van der Waals surface area contributed by atoms with E-state index in [1.165, 1.54) is 43.5 Å². The third kappa shape index (κ3) is 7.04. The molecule has 4 aromatic rings. The molecule has 0 radical (unpaired) electrons. The smallest absolute Gasteiger partial charge is 0.264 e. The van der Waals surface area contributed by atoms with Crippen molar-refractivity contribution in [3.63, 3.8) is 0 Å². The van der Waals surface area contributed by atoms with Crippen LogP contribution in [0.5, 0.6) is 5.75 Å². The largest absolute Gasteiger partial charge is 0.495 e. The van der Waals surface area contributed by atoms with Crippen molar-refractivity contribution in [3.8, 4) is 5.75 Å². The molecule has 1 heterocycles. The van der Waals surface area contributed by atoms with Gasteiger partial charge in [0.2, 0.25) is 0 Å². The zero-order valence-corrected chi connectivity index (χ0v) is 25.5. The number of halogens is 1. The van der Waals surface area contributed by atoms with Crippen molar-refractivity contribution in [2.45, 2.75) is 22.6 Å². The summed E-state index contributed by atoms with van der Waals surface area (Å²) in [5, 5.41) is 3.07. The summed E-state index contributed by atoms with van der Waals surface area (Å²) in [5.41, 5.74) is 1.35.